The molecule has 3 rings (SSSR count). The molecule has 0 aromatic heterocycles. The molecule has 1 heterocycles. The molecule has 0 spiro atoms. The van der Waals surface area contributed by atoms with Crippen molar-refractivity contribution in [1.29, 1.82) is 0 Å². The maximum atomic E-state index is 12.8. The van der Waals surface area contributed by atoms with Gasteiger partial charge in [-0.15, -0.1) is 0 Å². The molecule has 1 fully saturated rings. The highest BCUT2D eigenvalue weighted by Crippen LogP contribution is 2.26. The quantitative estimate of drug-likeness (QED) is 0.689. The number of piperidine rings is 1. The van der Waals surface area contributed by atoms with Crippen LogP contribution in [0.15, 0.2) is 53.4 Å². The Kier molecular flexibility index (Phi) is 7.22. The van der Waals surface area contributed by atoms with Crippen LogP contribution >= 0.6 is 23.2 Å². The molecule has 1 atom stereocenters. The molecule has 1 N–H and O–H groups in total. The number of halogens is 2. The summed E-state index contributed by atoms with van der Waals surface area (Å²) >= 11 is 11.8. The van der Waals surface area contributed by atoms with Gasteiger partial charge >= 0.3 is 0 Å². The summed E-state index contributed by atoms with van der Waals surface area (Å²) in [6, 6.07) is 13.5. The molecule has 1 aliphatic rings. The van der Waals surface area contributed by atoms with Gasteiger partial charge in [0, 0.05) is 29.1 Å². The number of amides is 1. The number of rotatable bonds is 6. The fraction of sp³-hybridized carbons (Fsp3) is 0.381. The normalized spacial score (nSPS) is 17.1. The van der Waals surface area contributed by atoms with E-state index >= 15 is 0 Å². The number of benzene rings is 2. The monoisotopic (exact) mass is 454 g/mol. The van der Waals surface area contributed by atoms with Gasteiger partial charge in [0.2, 0.25) is 15.9 Å². The second-order valence-corrected chi connectivity index (χ2v) is 9.96. The lowest BCUT2D eigenvalue weighted by Crippen LogP contribution is -2.43. The van der Waals surface area contributed by atoms with Crippen LogP contribution in [-0.4, -0.2) is 31.7 Å². The smallest absolute Gasteiger partial charge is 0.243 e. The van der Waals surface area contributed by atoms with E-state index in [0.717, 1.165) is 12.0 Å². The molecule has 0 saturated carbocycles. The molecule has 2 aromatic carbocycles. The number of carbonyl (C=O) groups is 1. The minimum absolute atomic E-state index is 0.0321. The van der Waals surface area contributed by atoms with Crippen molar-refractivity contribution in [2.75, 3.05) is 13.1 Å². The van der Waals surface area contributed by atoms with Gasteiger partial charge in [0.05, 0.1) is 10.9 Å². The lowest BCUT2D eigenvalue weighted by atomic mass is 9.96. The van der Waals surface area contributed by atoms with E-state index < -0.39 is 10.0 Å². The molecule has 29 heavy (non-hydrogen) atoms. The second kappa shape index (κ2) is 9.47. The Morgan fingerprint density at radius 2 is 1.55 bits per heavy atom. The molecular weight excluding hydrogens is 431 g/mol. The first-order chi connectivity index (χ1) is 13.8. The predicted molar refractivity (Wildman–Crippen MR) is 116 cm³/mol. The molecule has 1 amide bonds. The molecule has 1 unspecified atom stereocenters. The number of nitrogens with one attached hydrogen (secondary N) is 1. The Morgan fingerprint density at radius 3 is 2.07 bits per heavy atom. The summed E-state index contributed by atoms with van der Waals surface area (Å²) in [6.45, 7) is 2.66. The highest BCUT2D eigenvalue weighted by molar-refractivity contribution is 7.89. The number of nitrogens with zero attached hydrogens (tertiary/aromatic N) is 1. The van der Waals surface area contributed by atoms with Crippen molar-refractivity contribution in [3.05, 3.63) is 64.1 Å². The lowest BCUT2D eigenvalue weighted by Gasteiger charge is -2.31. The first-order valence-corrected chi connectivity index (χ1v) is 11.8. The predicted octanol–water partition coefficient (Wildman–Crippen LogP) is 4.66. The largest absolute Gasteiger partial charge is 0.349 e. The third-order valence-corrected chi connectivity index (χ3v) is 7.69. The van der Waals surface area contributed by atoms with Crippen LogP contribution in [0, 0.1) is 5.92 Å². The van der Waals surface area contributed by atoms with Crippen LogP contribution in [0.5, 0.6) is 0 Å². The Balaban J connectivity index is 1.60. The third kappa shape index (κ3) is 5.31. The average Bonchev–Trinajstić information content (AvgIpc) is 2.73. The van der Waals surface area contributed by atoms with Gasteiger partial charge in [-0.1, -0.05) is 42.3 Å². The summed E-state index contributed by atoms with van der Waals surface area (Å²) in [6.07, 6.45) is 1.75. The third-order valence-electron chi connectivity index (χ3n) is 5.27. The van der Waals surface area contributed by atoms with Gasteiger partial charge in [-0.2, -0.15) is 4.31 Å². The van der Waals surface area contributed by atoms with Gasteiger partial charge in [0.25, 0.3) is 0 Å². The molecule has 8 heteroatoms. The number of carbonyl (C=O) groups excluding carboxylic acids is 1. The van der Waals surface area contributed by atoms with Crippen LogP contribution < -0.4 is 5.32 Å². The molecule has 1 saturated heterocycles. The number of hydrogen-bond donors (Lipinski definition) is 1. The molecule has 0 bridgehead atoms. The fourth-order valence-corrected chi connectivity index (χ4v) is 5.24. The van der Waals surface area contributed by atoms with E-state index in [1.807, 2.05) is 31.2 Å². The van der Waals surface area contributed by atoms with Crippen LogP contribution in [-0.2, 0) is 14.8 Å². The van der Waals surface area contributed by atoms with Gasteiger partial charge in [-0.3, -0.25) is 4.79 Å². The molecule has 1 aliphatic heterocycles. The summed E-state index contributed by atoms with van der Waals surface area (Å²) in [5.41, 5.74) is 1.01. The minimum Gasteiger partial charge on any atom is -0.349 e. The van der Waals surface area contributed by atoms with Crippen LogP contribution in [0.4, 0.5) is 0 Å². The van der Waals surface area contributed by atoms with Gasteiger partial charge in [-0.25, -0.2) is 8.42 Å². The van der Waals surface area contributed by atoms with Crippen LogP contribution in [0.2, 0.25) is 10.0 Å². The zero-order valence-electron chi connectivity index (χ0n) is 16.1. The number of sulfonamides is 1. The maximum absolute atomic E-state index is 12.8. The summed E-state index contributed by atoms with van der Waals surface area (Å²) in [5, 5.41) is 4.25. The van der Waals surface area contributed by atoms with Crippen LogP contribution in [0.25, 0.3) is 0 Å². The van der Waals surface area contributed by atoms with Crippen molar-refractivity contribution in [3.63, 3.8) is 0 Å². The Morgan fingerprint density at radius 1 is 1.03 bits per heavy atom. The van der Waals surface area contributed by atoms with Crippen molar-refractivity contribution < 1.29 is 13.2 Å². The second-order valence-electron chi connectivity index (χ2n) is 7.15. The van der Waals surface area contributed by atoms with Gasteiger partial charge in [-0.05, 0) is 61.2 Å². The van der Waals surface area contributed by atoms with Crippen molar-refractivity contribution in [2.24, 2.45) is 5.92 Å². The SMILES string of the molecule is CCC(NC(=O)C1CCN(S(=O)(=O)c2ccc(Cl)cc2)CC1)c1ccc(Cl)cc1. The van der Waals surface area contributed by atoms with E-state index in [1.54, 1.807) is 12.1 Å². The zero-order chi connectivity index (χ0) is 21.0. The van der Waals surface area contributed by atoms with Crippen molar-refractivity contribution in [2.45, 2.75) is 37.1 Å². The highest BCUT2D eigenvalue weighted by atomic mass is 35.5. The molecule has 0 radical (unpaired) electrons. The number of hydrogen-bond acceptors (Lipinski definition) is 3. The summed E-state index contributed by atoms with van der Waals surface area (Å²) in [5.74, 6) is -0.233. The Hall–Kier alpha value is -1.60. The molecule has 0 aliphatic carbocycles. The van der Waals surface area contributed by atoms with Crippen LogP contribution in [0.1, 0.15) is 37.8 Å². The standard InChI is InChI=1S/C21H24Cl2N2O3S/c1-2-20(15-3-5-17(22)6-4-15)24-21(26)16-11-13-25(14-12-16)29(27,28)19-9-7-18(23)8-10-19/h3-10,16,20H,2,11-14H2,1H3,(H,24,26). The van der Waals surface area contributed by atoms with Gasteiger partial charge in [0.1, 0.15) is 0 Å². The molecule has 156 valence electrons. The summed E-state index contributed by atoms with van der Waals surface area (Å²) in [7, 11) is -3.57. The minimum atomic E-state index is -3.57. The zero-order valence-corrected chi connectivity index (χ0v) is 18.5. The van der Waals surface area contributed by atoms with E-state index in [9.17, 15) is 13.2 Å². The maximum Gasteiger partial charge on any atom is 0.243 e. The molecular formula is C21H24Cl2N2O3S. The van der Waals surface area contributed by atoms with E-state index in [0.29, 0.717) is 36.0 Å². The van der Waals surface area contributed by atoms with E-state index in [2.05, 4.69) is 5.32 Å². The average molecular weight is 455 g/mol. The van der Waals surface area contributed by atoms with E-state index in [1.165, 1.54) is 16.4 Å². The lowest BCUT2D eigenvalue weighted by molar-refractivity contribution is -0.126. The Bertz CT molecular complexity index is 939. The van der Waals surface area contributed by atoms with E-state index in [4.69, 9.17) is 23.2 Å². The molecule has 5 nitrogen and oxygen atoms in total. The highest BCUT2D eigenvalue weighted by Gasteiger charge is 2.32. The molecule has 2 aromatic rings. The first kappa shape index (κ1) is 22.1. The first-order valence-electron chi connectivity index (χ1n) is 9.63. The van der Waals surface area contributed by atoms with Crippen molar-refractivity contribution >= 4 is 39.1 Å². The van der Waals surface area contributed by atoms with Crippen molar-refractivity contribution in [3.8, 4) is 0 Å². The van der Waals surface area contributed by atoms with Crippen molar-refractivity contribution in [1.82, 2.24) is 9.62 Å². The van der Waals surface area contributed by atoms with Gasteiger partial charge in [0.15, 0.2) is 0 Å². The van der Waals surface area contributed by atoms with Crippen LogP contribution in [0.3, 0.4) is 0 Å². The summed E-state index contributed by atoms with van der Waals surface area (Å²) in [4.78, 5) is 13.0. The topological polar surface area (TPSA) is 66.5 Å². The fourth-order valence-electron chi connectivity index (χ4n) is 3.52. The Labute approximate surface area is 182 Å². The summed E-state index contributed by atoms with van der Waals surface area (Å²) < 4.78 is 27.0. The van der Waals surface area contributed by atoms with E-state index in [-0.39, 0.29) is 22.8 Å². The van der Waals surface area contributed by atoms with Gasteiger partial charge < -0.3 is 5.32 Å².